The Bertz CT molecular complexity index is 1290. The summed E-state index contributed by atoms with van der Waals surface area (Å²) in [5, 5.41) is 0. The van der Waals surface area contributed by atoms with Crippen molar-refractivity contribution in [2.75, 3.05) is 19.5 Å². The number of ether oxygens (including phenoxy) is 2. The Balaban J connectivity index is 1.50. The fourth-order valence-electron chi connectivity index (χ4n) is 4.30. The molecule has 36 heavy (non-hydrogen) atoms. The van der Waals surface area contributed by atoms with Crippen LogP contribution in [0.1, 0.15) is 44.6 Å². The molecule has 196 valence electrons. The van der Waals surface area contributed by atoms with Crippen molar-refractivity contribution in [1.29, 1.82) is 0 Å². The minimum absolute atomic E-state index is 0.147. The monoisotopic (exact) mass is 522 g/mol. The van der Waals surface area contributed by atoms with Crippen LogP contribution in [0.2, 0.25) is 0 Å². The Morgan fingerprint density at radius 3 is 2.78 bits per heavy atom. The average Bonchev–Trinajstić information content (AvgIpc) is 2.87. The molecule has 2 aromatic rings. The highest BCUT2D eigenvalue weighted by atomic mass is 32.2. The zero-order valence-corrected chi connectivity index (χ0v) is 21.2. The molecule has 2 aliphatic heterocycles. The first-order chi connectivity index (χ1) is 17.1. The molecule has 0 aliphatic carbocycles. The molecule has 0 spiro atoms. The molecule has 1 saturated heterocycles. The third-order valence-electron chi connectivity index (χ3n) is 6.85. The molecule has 11 heteroatoms. The number of aryl methyl sites for hydroxylation is 2. The van der Waals surface area contributed by atoms with Gasteiger partial charge in [0.15, 0.2) is 20.9 Å². The Hall–Kier alpha value is -2.76. The van der Waals surface area contributed by atoms with E-state index < -0.39 is 38.2 Å². The van der Waals surface area contributed by atoms with Crippen molar-refractivity contribution in [3.8, 4) is 16.9 Å². The maximum absolute atomic E-state index is 15.1. The second-order valence-corrected chi connectivity index (χ2v) is 11.9. The first kappa shape index (κ1) is 26.3. The lowest BCUT2D eigenvalue weighted by Crippen LogP contribution is -2.51. The summed E-state index contributed by atoms with van der Waals surface area (Å²) in [6.45, 7) is 2.20. The number of halogens is 1. The van der Waals surface area contributed by atoms with Crippen LogP contribution in [0.25, 0.3) is 11.1 Å². The molecular weight excluding hydrogens is 491 g/mol. The van der Waals surface area contributed by atoms with Gasteiger partial charge in [0.2, 0.25) is 0 Å². The van der Waals surface area contributed by atoms with Gasteiger partial charge >= 0.3 is 0 Å². The molecule has 9 nitrogen and oxygen atoms in total. The Kier molecular flexibility index (Phi) is 7.82. The Labute approximate surface area is 209 Å². The van der Waals surface area contributed by atoms with Gasteiger partial charge in [0.25, 0.3) is 11.5 Å². The van der Waals surface area contributed by atoms with Gasteiger partial charge < -0.3 is 14.0 Å². The molecule has 1 aromatic carbocycles. The topological polar surface area (TPSA) is 113 Å². The van der Waals surface area contributed by atoms with Gasteiger partial charge in [0.1, 0.15) is 11.6 Å². The highest BCUT2D eigenvalue weighted by molar-refractivity contribution is 7.92. The molecular formula is C25H31FN2O7S. The van der Waals surface area contributed by atoms with E-state index in [0.29, 0.717) is 25.2 Å². The summed E-state index contributed by atoms with van der Waals surface area (Å²) in [5.74, 6) is -0.744. The number of hydrogen-bond acceptors (Lipinski definition) is 7. The van der Waals surface area contributed by atoms with Crippen molar-refractivity contribution in [3.05, 3.63) is 52.2 Å². The summed E-state index contributed by atoms with van der Waals surface area (Å²) in [7, 11) is -3.92. The third kappa shape index (κ3) is 5.63. The molecule has 2 atom stereocenters. The van der Waals surface area contributed by atoms with Crippen molar-refractivity contribution in [3.63, 3.8) is 0 Å². The standard InChI is InChI=1S/C25H31FN2O7S/c1-25(36(2,31)32,24(30)27-35-23-7-3-4-12-34-23)10-11-28-16-20(26)19(15-22(28)29)17-8-9-21-18(14-17)6-5-13-33-21/h8-9,14-16,23H,3-7,10-13H2,1-2H3,(H,27,30)/t23?,25-/m1/s1. The normalized spacial score (nSPS) is 19.6. The predicted octanol–water partition coefficient (Wildman–Crippen LogP) is 2.75. The molecule has 1 aromatic heterocycles. The quantitative estimate of drug-likeness (QED) is 0.531. The zero-order chi connectivity index (χ0) is 25.9. The van der Waals surface area contributed by atoms with E-state index in [9.17, 15) is 18.0 Å². The van der Waals surface area contributed by atoms with E-state index in [0.717, 1.165) is 54.0 Å². The van der Waals surface area contributed by atoms with Gasteiger partial charge in [0.05, 0.1) is 6.61 Å². The minimum atomic E-state index is -3.92. The Morgan fingerprint density at radius 1 is 1.25 bits per heavy atom. The van der Waals surface area contributed by atoms with Crippen molar-refractivity contribution >= 4 is 15.7 Å². The van der Waals surface area contributed by atoms with Crippen LogP contribution in [0.3, 0.4) is 0 Å². The number of rotatable bonds is 8. The van der Waals surface area contributed by atoms with Crippen LogP contribution in [-0.2, 0) is 37.2 Å². The molecule has 1 fully saturated rings. The van der Waals surface area contributed by atoms with Crippen molar-refractivity contribution in [2.45, 2.75) is 63.0 Å². The number of fused-ring (bicyclic) bond motifs is 1. The van der Waals surface area contributed by atoms with Crippen LogP contribution in [0, 0.1) is 5.82 Å². The number of amides is 1. The predicted molar refractivity (Wildman–Crippen MR) is 131 cm³/mol. The smallest absolute Gasteiger partial charge is 0.264 e. The number of sulfone groups is 1. The first-order valence-corrected chi connectivity index (χ1v) is 13.9. The van der Waals surface area contributed by atoms with Crippen LogP contribution >= 0.6 is 0 Å². The zero-order valence-electron chi connectivity index (χ0n) is 20.4. The summed E-state index contributed by atoms with van der Waals surface area (Å²) in [4.78, 5) is 30.9. The average molecular weight is 523 g/mol. The highest BCUT2D eigenvalue weighted by Gasteiger charge is 2.44. The van der Waals surface area contributed by atoms with Gasteiger partial charge in [-0.25, -0.2) is 23.1 Å². The lowest BCUT2D eigenvalue weighted by atomic mass is 9.99. The van der Waals surface area contributed by atoms with E-state index >= 15 is 4.39 Å². The van der Waals surface area contributed by atoms with E-state index in [1.165, 1.54) is 13.0 Å². The van der Waals surface area contributed by atoms with Gasteiger partial charge in [-0.3, -0.25) is 9.59 Å². The van der Waals surface area contributed by atoms with Crippen LogP contribution in [0.15, 0.2) is 35.3 Å². The van der Waals surface area contributed by atoms with E-state index in [-0.39, 0.29) is 18.5 Å². The van der Waals surface area contributed by atoms with Crippen LogP contribution in [0.4, 0.5) is 4.39 Å². The number of carbonyl (C=O) groups excluding carboxylic acids is 1. The van der Waals surface area contributed by atoms with E-state index in [1.54, 1.807) is 12.1 Å². The molecule has 0 radical (unpaired) electrons. The fraction of sp³-hybridized carbons (Fsp3) is 0.520. The largest absolute Gasteiger partial charge is 0.493 e. The van der Waals surface area contributed by atoms with Gasteiger partial charge in [-0.1, -0.05) is 6.07 Å². The van der Waals surface area contributed by atoms with Crippen molar-refractivity contribution < 1.29 is 31.9 Å². The number of pyridine rings is 1. The highest BCUT2D eigenvalue weighted by Crippen LogP contribution is 2.31. The van der Waals surface area contributed by atoms with Crippen molar-refractivity contribution in [1.82, 2.24) is 10.0 Å². The number of benzene rings is 1. The number of nitrogens with zero attached hydrogens (tertiary/aromatic N) is 1. The lowest BCUT2D eigenvalue weighted by molar-refractivity contribution is -0.201. The molecule has 1 N–H and O–H groups in total. The number of hydroxylamine groups is 1. The maximum atomic E-state index is 15.1. The minimum Gasteiger partial charge on any atom is -0.493 e. The second-order valence-electron chi connectivity index (χ2n) is 9.44. The summed E-state index contributed by atoms with van der Waals surface area (Å²) in [5.41, 5.74) is 3.35. The third-order valence-corrected chi connectivity index (χ3v) is 8.87. The lowest BCUT2D eigenvalue weighted by Gasteiger charge is -2.28. The molecule has 3 heterocycles. The first-order valence-electron chi connectivity index (χ1n) is 12.0. The van der Waals surface area contributed by atoms with Crippen molar-refractivity contribution in [2.24, 2.45) is 0 Å². The van der Waals surface area contributed by atoms with Crippen LogP contribution in [-0.4, -0.2) is 49.4 Å². The summed E-state index contributed by atoms with van der Waals surface area (Å²) in [6, 6.07) is 6.47. The number of nitrogens with one attached hydrogen (secondary N) is 1. The molecule has 4 rings (SSSR count). The van der Waals surface area contributed by atoms with Crippen LogP contribution < -0.4 is 15.8 Å². The van der Waals surface area contributed by atoms with Gasteiger partial charge in [-0.15, -0.1) is 0 Å². The number of aromatic nitrogens is 1. The molecule has 0 bridgehead atoms. The Morgan fingerprint density at radius 2 is 2.06 bits per heavy atom. The molecule has 2 aliphatic rings. The number of hydrogen-bond donors (Lipinski definition) is 1. The van der Waals surface area contributed by atoms with E-state index in [4.69, 9.17) is 14.3 Å². The number of carbonyl (C=O) groups is 1. The summed E-state index contributed by atoms with van der Waals surface area (Å²) < 4.78 is 50.3. The molecule has 1 unspecified atom stereocenters. The van der Waals surface area contributed by atoms with Gasteiger partial charge in [-0.05, 0) is 62.3 Å². The second kappa shape index (κ2) is 10.7. The molecule has 1 amide bonds. The summed E-state index contributed by atoms with van der Waals surface area (Å²) >= 11 is 0. The maximum Gasteiger partial charge on any atom is 0.264 e. The van der Waals surface area contributed by atoms with Gasteiger partial charge in [0, 0.05) is 43.7 Å². The summed E-state index contributed by atoms with van der Waals surface area (Å²) in [6.07, 6.45) is 5.08. The molecule has 0 saturated carbocycles. The SMILES string of the molecule is C[C@@](CCn1cc(F)c(-c2ccc3c(c2)CCCO3)cc1=O)(C(=O)NOC1CCCCO1)S(C)(=O)=O. The van der Waals surface area contributed by atoms with Crippen LogP contribution in [0.5, 0.6) is 5.75 Å². The fourth-order valence-corrected chi connectivity index (χ4v) is 5.14. The van der Waals surface area contributed by atoms with E-state index in [2.05, 4.69) is 5.48 Å². The van der Waals surface area contributed by atoms with E-state index in [1.807, 2.05) is 6.07 Å². The van der Waals surface area contributed by atoms with Gasteiger partial charge in [-0.2, -0.15) is 0 Å².